The molecule has 0 aliphatic carbocycles. The molecule has 29 heavy (non-hydrogen) atoms. The van der Waals surface area contributed by atoms with Gasteiger partial charge in [0.2, 0.25) is 0 Å². The number of amides is 1. The van der Waals surface area contributed by atoms with Crippen LogP contribution in [-0.4, -0.2) is 31.7 Å². The predicted molar refractivity (Wildman–Crippen MR) is 108 cm³/mol. The Kier molecular flexibility index (Phi) is 5.53. The van der Waals surface area contributed by atoms with Gasteiger partial charge >= 0.3 is 0 Å². The van der Waals surface area contributed by atoms with E-state index < -0.39 is 15.9 Å². The van der Waals surface area contributed by atoms with E-state index in [0.29, 0.717) is 28.6 Å². The Morgan fingerprint density at radius 3 is 2.52 bits per heavy atom. The maximum absolute atomic E-state index is 13.0. The van der Waals surface area contributed by atoms with Crippen molar-refractivity contribution < 1.29 is 22.0 Å². The normalized spacial score (nSPS) is 14.9. The molecule has 1 aliphatic heterocycles. The molecule has 3 aromatic rings. The Labute approximate surface area is 172 Å². The molecule has 0 radical (unpaired) electrons. The highest BCUT2D eigenvalue weighted by atomic mass is 32.2. The SMILES string of the molecule is O=C(NCc1ccc(S(=O)(=O)N2CCCC2)s1)c1ccc(-c2ccc(F)cc2)o1. The summed E-state index contributed by atoms with van der Waals surface area (Å²) in [6.07, 6.45) is 1.77. The molecule has 1 amide bonds. The van der Waals surface area contributed by atoms with Gasteiger partial charge in [-0.15, -0.1) is 11.3 Å². The Morgan fingerprint density at radius 2 is 1.79 bits per heavy atom. The molecule has 0 spiro atoms. The number of nitrogens with one attached hydrogen (secondary N) is 1. The number of rotatable bonds is 6. The lowest BCUT2D eigenvalue weighted by Crippen LogP contribution is -2.27. The second kappa shape index (κ2) is 8.10. The molecule has 0 atom stereocenters. The zero-order valence-corrected chi connectivity index (χ0v) is 17.1. The first kappa shape index (κ1) is 19.8. The molecule has 0 bridgehead atoms. The summed E-state index contributed by atoms with van der Waals surface area (Å²) < 4.78 is 45.5. The van der Waals surface area contributed by atoms with E-state index in [4.69, 9.17) is 4.42 Å². The monoisotopic (exact) mass is 434 g/mol. The molecule has 6 nitrogen and oxygen atoms in total. The molecule has 152 valence electrons. The fourth-order valence-electron chi connectivity index (χ4n) is 3.13. The second-order valence-corrected chi connectivity index (χ2v) is 10.0. The molecule has 0 unspecified atom stereocenters. The van der Waals surface area contributed by atoms with E-state index in [-0.39, 0.29) is 18.1 Å². The van der Waals surface area contributed by atoms with Crippen LogP contribution in [-0.2, 0) is 16.6 Å². The van der Waals surface area contributed by atoms with E-state index in [2.05, 4.69) is 5.32 Å². The van der Waals surface area contributed by atoms with Crippen LogP contribution in [0.3, 0.4) is 0 Å². The first-order valence-corrected chi connectivity index (χ1v) is 11.4. The summed E-state index contributed by atoms with van der Waals surface area (Å²) in [6.45, 7) is 1.31. The van der Waals surface area contributed by atoms with Gasteiger partial charge in [0, 0.05) is 23.5 Å². The van der Waals surface area contributed by atoms with Crippen LogP contribution in [0.15, 0.2) is 57.2 Å². The lowest BCUT2D eigenvalue weighted by molar-refractivity contribution is 0.0924. The van der Waals surface area contributed by atoms with Gasteiger partial charge in [0.1, 0.15) is 15.8 Å². The van der Waals surface area contributed by atoms with Crippen LogP contribution in [0, 0.1) is 5.82 Å². The third kappa shape index (κ3) is 4.26. The van der Waals surface area contributed by atoms with Crippen molar-refractivity contribution in [3.05, 3.63) is 65.0 Å². The van der Waals surface area contributed by atoms with Gasteiger partial charge in [0.15, 0.2) is 5.76 Å². The maximum atomic E-state index is 13.0. The minimum absolute atomic E-state index is 0.130. The number of hydrogen-bond acceptors (Lipinski definition) is 5. The molecule has 3 heterocycles. The highest BCUT2D eigenvalue weighted by Gasteiger charge is 2.28. The lowest BCUT2D eigenvalue weighted by Gasteiger charge is -2.13. The number of thiophene rings is 1. The number of carbonyl (C=O) groups is 1. The van der Waals surface area contributed by atoms with Crippen LogP contribution in [0.25, 0.3) is 11.3 Å². The van der Waals surface area contributed by atoms with Crippen molar-refractivity contribution in [2.45, 2.75) is 23.6 Å². The van der Waals surface area contributed by atoms with Gasteiger partial charge < -0.3 is 9.73 Å². The van der Waals surface area contributed by atoms with E-state index in [1.165, 1.54) is 16.4 Å². The largest absolute Gasteiger partial charge is 0.451 e. The first-order valence-electron chi connectivity index (χ1n) is 9.16. The van der Waals surface area contributed by atoms with Crippen LogP contribution in [0.1, 0.15) is 28.3 Å². The number of hydrogen-bond donors (Lipinski definition) is 1. The number of carbonyl (C=O) groups excluding carboxylic acids is 1. The molecule has 1 fully saturated rings. The van der Waals surface area contributed by atoms with Crippen molar-refractivity contribution in [1.82, 2.24) is 9.62 Å². The average molecular weight is 435 g/mol. The van der Waals surface area contributed by atoms with Crippen LogP contribution in [0.2, 0.25) is 0 Å². The molecule has 0 saturated carbocycles. The molecule has 1 saturated heterocycles. The topological polar surface area (TPSA) is 79.6 Å². The number of benzene rings is 1. The van der Waals surface area contributed by atoms with Gasteiger partial charge in [0.25, 0.3) is 15.9 Å². The quantitative estimate of drug-likeness (QED) is 0.639. The van der Waals surface area contributed by atoms with Gasteiger partial charge in [-0.25, -0.2) is 12.8 Å². The van der Waals surface area contributed by atoms with Crippen molar-refractivity contribution in [2.24, 2.45) is 0 Å². The molecular weight excluding hydrogens is 415 g/mol. The van der Waals surface area contributed by atoms with Gasteiger partial charge in [-0.2, -0.15) is 4.31 Å². The van der Waals surface area contributed by atoms with Crippen molar-refractivity contribution in [2.75, 3.05) is 13.1 Å². The third-order valence-electron chi connectivity index (χ3n) is 4.68. The van der Waals surface area contributed by atoms with Gasteiger partial charge in [-0.1, -0.05) is 0 Å². The van der Waals surface area contributed by atoms with Crippen molar-refractivity contribution >= 4 is 27.3 Å². The van der Waals surface area contributed by atoms with Gasteiger partial charge in [-0.05, 0) is 61.4 Å². The Balaban J connectivity index is 1.39. The molecule has 1 N–H and O–H groups in total. The standard InChI is InChI=1S/C20H19FN2O4S2/c21-15-5-3-14(4-6-15)17-8-9-18(27-17)20(24)22-13-16-7-10-19(28-16)29(25,26)23-11-1-2-12-23/h3-10H,1-2,11-13H2,(H,22,24). The maximum Gasteiger partial charge on any atom is 0.287 e. The van der Waals surface area contributed by atoms with E-state index in [1.54, 1.807) is 36.4 Å². The van der Waals surface area contributed by atoms with Crippen molar-refractivity contribution in [1.29, 1.82) is 0 Å². The summed E-state index contributed by atoms with van der Waals surface area (Å²) in [5.41, 5.74) is 0.667. The molecule has 1 aliphatic rings. The third-order valence-corrected chi connectivity index (χ3v) is 8.13. The average Bonchev–Trinajstić information content (AvgIpc) is 3.48. The van der Waals surface area contributed by atoms with E-state index in [1.807, 2.05) is 0 Å². The van der Waals surface area contributed by atoms with Crippen LogP contribution in [0.5, 0.6) is 0 Å². The first-order chi connectivity index (χ1) is 13.9. The lowest BCUT2D eigenvalue weighted by atomic mass is 10.2. The molecule has 4 rings (SSSR count). The zero-order chi connectivity index (χ0) is 20.4. The van der Waals surface area contributed by atoms with E-state index in [9.17, 15) is 17.6 Å². The van der Waals surface area contributed by atoms with Crippen LogP contribution >= 0.6 is 11.3 Å². The molecule has 1 aromatic carbocycles. The van der Waals surface area contributed by atoms with Gasteiger partial charge in [0.05, 0.1) is 6.54 Å². The number of nitrogens with zero attached hydrogens (tertiary/aromatic N) is 1. The van der Waals surface area contributed by atoms with Crippen molar-refractivity contribution in [3.8, 4) is 11.3 Å². The Morgan fingerprint density at radius 1 is 1.07 bits per heavy atom. The summed E-state index contributed by atoms with van der Waals surface area (Å²) in [5, 5.41) is 2.73. The smallest absolute Gasteiger partial charge is 0.287 e. The van der Waals surface area contributed by atoms with Crippen molar-refractivity contribution in [3.63, 3.8) is 0 Å². The minimum atomic E-state index is -3.45. The summed E-state index contributed by atoms with van der Waals surface area (Å²) in [5.74, 6) is -0.160. The van der Waals surface area contributed by atoms with Gasteiger partial charge in [-0.3, -0.25) is 4.79 Å². The summed E-state index contributed by atoms with van der Waals surface area (Å²) >= 11 is 1.16. The minimum Gasteiger partial charge on any atom is -0.451 e. The van der Waals surface area contributed by atoms with E-state index in [0.717, 1.165) is 29.1 Å². The highest BCUT2D eigenvalue weighted by molar-refractivity contribution is 7.91. The highest BCUT2D eigenvalue weighted by Crippen LogP contribution is 2.27. The van der Waals surface area contributed by atoms with Crippen LogP contribution in [0.4, 0.5) is 4.39 Å². The summed E-state index contributed by atoms with van der Waals surface area (Å²) in [7, 11) is -3.45. The molecule has 9 heteroatoms. The Bertz CT molecular complexity index is 1110. The number of halogens is 1. The Hall–Kier alpha value is -2.49. The van der Waals surface area contributed by atoms with Crippen LogP contribution < -0.4 is 5.32 Å². The van der Waals surface area contributed by atoms with E-state index >= 15 is 0 Å². The second-order valence-electron chi connectivity index (χ2n) is 6.69. The summed E-state index contributed by atoms with van der Waals surface area (Å²) in [4.78, 5) is 13.1. The fraction of sp³-hybridized carbons (Fsp3) is 0.250. The predicted octanol–water partition coefficient (Wildman–Crippen LogP) is 3.86. The number of sulfonamides is 1. The summed E-state index contributed by atoms with van der Waals surface area (Å²) in [6, 6.07) is 12.3. The fourth-order valence-corrected chi connectivity index (χ4v) is 6.10. The molecular formula is C20H19FN2O4S2. The zero-order valence-electron chi connectivity index (χ0n) is 15.4. The number of furan rings is 1. The molecule has 2 aromatic heterocycles.